The number of carbonyl (C=O) groups is 2. The summed E-state index contributed by atoms with van der Waals surface area (Å²) in [7, 11) is 0. The molecule has 0 saturated heterocycles. The second-order valence-corrected chi connectivity index (χ2v) is 6.01. The Labute approximate surface area is 132 Å². The van der Waals surface area contributed by atoms with Crippen molar-refractivity contribution < 1.29 is 14.4 Å². The molecule has 3 rings (SSSR count). The first-order valence-corrected chi connectivity index (χ1v) is 7.60. The Morgan fingerprint density at radius 2 is 1.91 bits per heavy atom. The molecule has 1 aliphatic carbocycles. The molecule has 0 radical (unpaired) electrons. The van der Waals surface area contributed by atoms with Crippen molar-refractivity contribution in [1.82, 2.24) is 0 Å². The molecule has 2 aromatic carbocycles. The molecule has 0 heterocycles. The van der Waals surface area contributed by atoms with Crippen molar-refractivity contribution in [2.45, 2.75) is 23.1 Å². The van der Waals surface area contributed by atoms with Crippen LogP contribution >= 0.6 is 11.8 Å². The molecule has 0 N–H and O–H groups in total. The lowest BCUT2D eigenvalue weighted by Crippen LogP contribution is -2.09. The summed E-state index contributed by atoms with van der Waals surface area (Å²) in [4.78, 5) is 29.7. The first kappa shape index (κ1) is 14.5. The minimum absolute atomic E-state index is 0.174. The van der Waals surface area contributed by atoms with Crippen LogP contribution in [0.5, 0.6) is 0 Å². The van der Waals surface area contributed by atoms with Gasteiger partial charge in [0.2, 0.25) is 5.78 Å². The normalized spacial score (nSPS) is 15.0. The van der Waals surface area contributed by atoms with Crippen LogP contribution in [0.4, 0.5) is 0 Å². The summed E-state index contributed by atoms with van der Waals surface area (Å²) in [6.07, 6.45) is 0.393. The van der Waals surface area contributed by atoms with Gasteiger partial charge in [-0.2, -0.15) is 0 Å². The van der Waals surface area contributed by atoms with Gasteiger partial charge in [0, 0.05) is 28.7 Å². The summed E-state index contributed by atoms with van der Waals surface area (Å²) in [6.45, 7) is 1.26. The Morgan fingerprint density at radius 1 is 1.14 bits per heavy atom. The zero-order chi connectivity index (χ0) is 15.5. The number of carbonyl (C=O) groups excluding carboxylic acids is 2. The van der Waals surface area contributed by atoms with Gasteiger partial charge >= 0.3 is 5.97 Å². The lowest BCUT2D eigenvalue weighted by molar-refractivity contribution is -0.140. The van der Waals surface area contributed by atoms with Gasteiger partial charge < -0.3 is 4.84 Å². The van der Waals surface area contributed by atoms with Gasteiger partial charge in [0.05, 0.1) is 0 Å². The van der Waals surface area contributed by atoms with Gasteiger partial charge in [-0.3, -0.25) is 4.79 Å². The van der Waals surface area contributed by atoms with Crippen LogP contribution in [0.2, 0.25) is 0 Å². The van der Waals surface area contributed by atoms with E-state index in [9.17, 15) is 9.59 Å². The largest absolute Gasteiger partial charge is 0.331 e. The van der Waals surface area contributed by atoms with Gasteiger partial charge in [-0.05, 0) is 35.9 Å². The van der Waals surface area contributed by atoms with E-state index in [1.807, 2.05) is 42.5 Å². The Hall–Kier alpha value is -2.40. The fourth-order valence-corrected chi connectivity index (χ4v) is 3.14. The van der Waals surface area contributed by atoms with E-state index in [0.29, 0.717) is 12.0 Å². The molecule has 22 heavy (non-hydrogen) atoms. The van der Waals surface area contributed by atoms with Crippen molar-refractivity contribution in [3.63, 3.8) is 0 Å². The predicted molar refractivity (Wildman–Crippen MR) is 84.2 cm³/mol. The van der Waals surface area contributed by atoms with Crippen molar-refractivity contribution in [2.75, 3.05) is 0 Å². The number of Topliss-reactive ketones (excluding diaryl/α,β-unsaturated/α-hetero) is 1. The number of ketones is 1. The number of hydrogen-bond donors (Lipinski definition) is 0. The van der Waals surface area contributed by atoms with Crippen molar-refractivity contribution >= 4 is 29.2 Å². The maximum absolute atomic E-state index is 12.1. The van der Waals surface area contributed by atoms with Crippen LogP contribution in [0.1, 0.15) is 22.8 Å². The van der Waals surface area contributed by atoms with E-state index >= 15 is 0 Å². The summed E-state index contributed by atoms with van der Waals surface area (Å²) < 4.78 is 0. The molecule has 0 fully saturated rings. The molecule has 1 aliphatic rings. The number of nitrogens with zero attached hydrogens (tertiary/aromatic N) is 1. The highest BCUT2D eigenvalue weighted by Crippen LogP contribution is 2.31. The molecular formula is C17H13NO3S. The average molecular weight is 311 g/mol. The van der Waals surface area contributed by atoms with Crippen LogP contribution in [-0.4, -0.2) is 17.5 Å². The summed E-state index contributed by atoms with van der Waals surface area (Å²) in [5, 5.41) is 3.64. The summed E-state index contributed by atoms with van der Waals surface area (Å²) in [6, 6.07) is 15.7. The molecular weight excluding hydrogens is 298 g/mol. The quantitative estimate of drug-likeness (QED) is 0.643. The molecule has 5 heteroatoms. The smallest absolute Gasteiger partial charge is 0.318 e. The van der Waals surface area contributed by atoms with Gasteiger partial charge in [-0.1, -0.05) is 35.1 Å². The molecule has 4 nitrogen and oxygen atoms in total. The van der Waals surface area contributed by atoms with E-state index in [1.165, 1.54) is 6.92 Å². The first-order valence-electron chi connectivity index (χ1n) is 6.78. The highest BCUT2D eigenvalue weighted by Gasteiger charge is 2.27. The van der Waals surface area contributed by atoms with Crippen LogP contribution in [0.15, 0.2) is 63.5 Å². The molecule has 0 aromatic heterocycles. The average Bonchev–Trinajstić information content (AvgIpc) is 2.82. The van der Waals surface area contributed by atoms with Crippen molar-refractivity contribution in [2.24, 2.45) is 5.16 Å². The number of fused-ring (bicyclic) bond motifs is 1. The van der Waals surface area contributed by atoms with Crippen LogP contribution in [0.3, 0.4) is 0 Å². The summed E-state index contributed by atoms with van der Waals surface area (Å²) >= 11 is 1.64. The molecule has 0 spiro atoms. The highest BCUT2D eigenvalue weighted by molar-refractivity contribution is 7.99. The Morgan fingerprint density at radius 3 is 2.64 bits per heavy atom. The fourth-order valence-electron chi connectivity index (χ4n) is 2.24. The number of hydrogen-bond acceptors (Lipinski definition) is 5. The molecule has 110 valence electrons. The van der Waals surface area contributed by atoms with E-state index in [0.717, 1.165) is 15.4 Å². The number of oxime groups is 1. The SMILES string of the molecule is CC(=O)O/N=C1/Cc2cc(Sc3ccccc3)ccc2C1=O. The number of rotatable bonds is 3. The maximum atomic E-state index is 12.1. The van der Waals surface area contributed by atoms with E-state index in [-0.39, 0.29) is 11.5 Å². The fraction of sp³-hybridized carbons (Fsp3) is 0.118. The molecule has 0 amide bonds. The molecule has 0 saturated carbocycles. The van der Waals surface area contributed by atoms with Crippen molar-refractivity contribution in [1.29, 1.82) is 0 Å². The van der Waals surface area contributed by atoms with Crippen LogP contribution in [-0.2, 0) is 16.1 Å². The molecule has 2 aromatic rings. The van der Waals surface area contributed by atoms with Crippen molar-refractivity contribution in [3.05, 3.63) is 59.7 Å². The van der Waals surface area contributed by atoms with Crippen LogP contribution in [0.25, 0.3) is 0 Å². The highest BCUT2D eigenvalue weighted by atomic mass is 32.2. The summed E-state index contributed by atoms with van der Waals surface area (Å²) in [5.41, 5.74) is 1.81. The third-order valence-corrected chi connectivity index (χ3v) is 4.20. The minimum Gasteiger partial charge on any atom is -0.318 e. The van der Waals surface area contributed by atoms with E-state index in [4.69, 9.17) is 0 Å². The standard InChI is InChI=1S/C17H13NO3S/c1-11(19)21-18-16-10-12-9-14(7-8-15(12)17(16)20)22-13-5-3-2-4-6-13/h2-9H,10H2,1H3/b18-16-. The Balaban J connectivity index is 1.82. The van der Waals surface area contributed by atoms with E-state index < -0.39 is 5.97 Å². The van der Waals surface area contributed by atoms with Gasteiger partial charge in [0.25, 0.3) is 0 Å². The minimum atomic E-state index is -0.531. The third-order valence-electron chi connectivity index (χ3n) is 3.20. The zero-order valence-electron chi connectivity index (χ0n) is 11.9. The van der Waals surface area contributed by atoms with Crippen LogP contribution in [0, 0.1) is 0 Å². The third kappa shape index (κ3) is 3.09. The first-order chi connectivity index (χ1) is 10.6. The van der Waals surface area contributed by atoms with Crippen molar-refractivity contribution in [3.8, 4) is 0 Å². The van der Waals surface area contributed by atoms with Crippen LogP contribution < -0.4 is 0 Å². The predicted octanol–water partition coefficient (Wildman–Crippen LogP) is 3.50. The lowest BCUT2D eigenvalue weighted by atomic mass is 10.1. The van der Waals surface area contributed by atoms with E-state index in [2.05, 4.69) is 9.99 Å². The Bertz CT molecular complexity index is 769. The lowest BCUT2D eigenvalue weighted by Gasteiger charge is -2.03. The molecule has 0 atom stereocenters. The topological polar surface area (TPSA) is 55.7 Å². The van der Waals surface area contributed by atoms with E-state index in [1.54, 1.807) is 17.8 Å². The monoisotopic (exact) mass is 311 g/mol. The molecule has 0 aliphatic heterocycles. The summed E-state index contributed by atoms with van der Waals surface area (Å²) in [5.74, 6) is -0.705. The zero-order valence-corrected chi connectivity index (χ0v) is 12.7. The maximum Gasteiger partial charge on any atom is 0.331 e. The van der Waals surface area contributed by atoms with Gasteiger partial charge in [0.15, 0.2) is 0 Å². The second kappa shape index (κ2) is 6.15. The number of benzene rings is 2. The van der Waals surface area contributed by atoms with Gasteiger partial charge in [-0.15, -0.1) is 0 Å². The second-order valence-electron chi connectivity index (χ2n) is 4.86. The van der Waals surface area contributed by atoms with Gasteiger partial charge in [0.1, 0.15) is 5.71 Å². The Kier molecular flexibility index (Phi) is 4.06. The molecule has 0 bridgehead atoms. The van der Waals surface area contributed by atoms with Gasteiger partial charge in [-0.25, -0.2) is 4.79 Å². The molecule has 0 unspecified atom stereocenters.